The molecule has 1 unspecified atom stereocenters. The molecule has 166 valence electrons. The Morgan fingerprint density at radius 1 is 1.06 bits per heavy atom. The number of anilines is 1. The molecule has 1 atom stereocenters. The molecule has 1 heterocycles. The molecule has 1 N–H and O–H groups in total. The van der Waals surface area contributed by atoms with Gasteiger partial charge in [-0.25, -0.2) is 0 Å². The summed E-state index contributed by atoms with van der Waals surface area (Å²) in [6.45, 7) is 2.58. The number of hydrogen-bond acceptors (Lipinski definition) is 4. The van der Waals surface area contributed by atoms with Crippen molar-refractivity contribution in [1.82, 2.24) is 0 Å². The Labute approximate surface area is 193 Å². The van der Waals surface area contributed by atoms with Crippen LogP contribution >= 0.6 is 11.6 Å². The molecule has 0 saturated carbocycles. The van der Waals surface area contributed by atoms with Crippen LogP contribution in [0.4, 0.5) is 5.69 Å². The van der Waals surface area contributed by atoms with Crippen molar-refractivity contribution in [2.75, 3.05) is 18.6 Å². The van der Waals surface area contributed by atoms with E-state index in [4.69, 9.17) is 21.1 Å². The molecule has 6 heteroatoms. The molecular weight excluding hydrogens is 426 g/mol. The lowest BCUT2D eigenvalue weighted by Gasteiger charge is -2.38. The van der Waals surface area contributed by atoms with E-state index in [9.17, 15) is 9.90 Å². The Kier molecular flexibility index (Phi) is 6.68. The number of ether oxygens (including phenoxy) is 2. The lowest BCUT2D eigenvalue weighted by Crippen LogP contribution is -2.41. The van der Waals surface area contributed by atoms with Gasteiger partial charge in [-0.1, -0.05) is 42.8 Å². The number of carbonyl (C=O) groups excluding carboxylic acids is 1. The van der Waals surface area contributed by atoms with Crippen molar-refractivity contribution in [3.05, 3.63) is 87.9 Å². The molecule has 4 rings (SSSR count). The standard InChI is InChI=1S/C26H26ClNO4/c1-3-12-32-24-15-22-19(13-23(24)31-2)14-25(30)28(21-10-4-17(16-29)5-11-21)26(22)18-6-8-20(27)9-7-18/h4-11,13,15,26,29H,3,12,14,16H2,1-2H3. The molecule has 1 amide bonds. The summed E-state index contributed by atoms with van der Waals surface area (Å²) in [6.07, 6.45) is 1.13. The Morgan fingerprint density at radius 3 is 2.41 bits per heavy atom. The van der Waals surface area contributed by atoms with E-state index < -0.39 is 0 Å². The summed E-state index contributed by atoms with van der Waals surface area (Å²) >= 11 is 6.15. The van der Waals surface area contributed by atoms with Gasteiger partial charge >= 0.3 is 0 Å². The molecule has 3 aromatic rings. The van der Waals surface area contributed by atoms with Crippen molar-refractivity contribution in [3.63, 3.8) is 0 Å². The van der Waals surface area contributed by atoms with E-state index in [-0.39, 0.29) is 25.0 Å². The number of benzene rings is 3. The van der Waals surface area contributed by atoms with E-state index in [0.717, 1.165) is 34.4 Å². The lowest BCUT2D eigenvalue weighted by atomic mass is 9.86. The molecule has 5 nitrogen and oxygen atoms in total. The van der Waals surface area contributed by atoms with Gasteiger partial charge in [-0.2, -0.15) is 0 Å². The Morgan fingerprint density at radius 2 is 1.78 bits per heavy atom. The van der Waals surface area contributed by atoms with Gasteiger partial charge in [-0.15, -0.1) is 0 Å². The van der Waals surface area contributed by atoms with Gasteiger partial charge in [0.1, 0.15) is 0 Å². The molecule has 0 spiro atoms. The lowest BCUT2D eigenvalue weighted by molar-refractivity contribution is -0.118. The summed E-state index contributed by atoms with van der Waals surface area (Å²) in [5, 5.41) is 10.0. The van der Waals surface area contributed by atoms with Crippen LogP contribution in [0.3, 0.4) is 0 Å². The SMILES string of the molecule is CCCOc1cc2c(cc1OC)CC(=O)N(c1ccc(CO)cc1)C2c1ccc(Cl)cc1. The molecule has 0 fully saturated rings. The highest BCUT2D eigenvalue weighted by molar-refractivity contribution is 6.30. The monoisotopic (exact) mass is 451 g/mol. The van der Waals surface area contributed by atoms with Gasteiger partial charge in [0.05, 0.1) is 32.8 Å². The fourth-order valence-corrected chi connectivity index (χ4v) is 4.20. The third-order valence-corrected chi connectivity index (χ3v) is 5.89. The number of rotatable bonds is 7. The first-order chi connectivity index (χ1) is 15.5. The van der Waals surface area contributed by atoms with Crippen molar-refractivity contribution in [2.24, 2.45) is 0 Å². The van der Waals surface area contributed by atoms with Gasteiger partial charge in [-0.05, 0) is 65.1 Å². The van der Waals surface area contributed by atoms with Crippen LogP contribution in [0.5, 0.6) is 11.5 Å². The second-order valence-corrected chi connectivity index (χ2v) is 8.21. The van der Waals surface area contributed by atoms with Crippen molar-refractivity contribution in [1.29, 1.82) is 0 Å². The zero-order valence-corrected chi connectivity index (χ0v) is 18.9. The van der Waals surface area contributed by atoms with Crippen molar-refractivity contribution in [3.8, 4) is 11.5 Å². The molecule has 0 radical (unpaired) electrons. The Hall–Kier alpha value is -3.02. The topological polar surface area (TPSA) is 59.0 Å². The largest absolute Gasteiger partial charge is 0.493 e. The highest BCUT2D eigenvalue weighted by Crippen LogP contribution is 2.43. The molecule has 32 heavy (non-hydrogen) atoms. The smallest absolute Gasteiger partial charge is 0.232 e. The number of fused-ring (bicyclic) bond motifs is 1. The predicted molar refractivity (Wildman–Crippen MR) is 126 cm³/mol. The minimum atomic E-state index is -0.349. The van der Waals surface area contributed by atoms with Crippen molar-refractivity contribution >= 4 is 23.2 Å². The molecule has 1 aliphatic rings. The molecule has 0 bridgehead atoms. The highest BCUT2D eigenvalue weighted by atomic mass is 35.5. The van der Waals surface area contributed by atoms with Gasteiger partial charge < -0.3 is 19.5 Å². The van der Waals surface area contributed by atoms with E-state index in [1.807, 2.05) is 65.6 Å². The zero-order valence-electron chi connectivity index (χ0n) is 18.2. The first kappa shape index (κ1) is 22.2. The van der Waals surface area contributed by atoms with Crippen LogP contribution < -0.4 is 14.4 Å². The number of halogens is 1. The number of aliphatic hydroxyl groups excluding tert-OH is 1. The number of nitrogens with zero attached hydrogens (tertiary/aromatic N) is 1. The second-order valence-electron chi connectivity index (χ2n) is 7.77. The van der Waals surface area contributed by atoms with Crippen LogP contribution in [0, 0.1) is 0 Å². The van der Waals surface area contributed by atoms with E-state index >= 15 is 0 Å². The van der Waals surface area contributed by atoms with E-state index in [1.54, 1.807) is 7.11 Å². The summed E-state index contributed by atoms with van der Waals surface area (Å²) < 4.78 is 11.5. The third-order valence-electron chi connectivity index (χ3n) is 5.63. The summed E-state index contributed by atoms with van der Waals surface area (Å²) in [5.74, 6) is 1.27. The molecule has 0 aromatic heterocycles. The zero-order chi connectivity index (χ0) is 22.7. The van der Waals surface area contributed by atoms with E-state index in [1.165, 1.54) is 0 Å². The average Bonchev–Trinajstić information content (AvgIpc) is 2.82. The van der Waals surface area contributed by atoms with Crippen LogP contribution in [0.25, 0.3) is 0 Å². The van der Waals surface area contributed by atoms with E-state index in [0.29, 0.717) is 23.1 Å². The first-order valence-corrected chi connectivity index (χ1v) is 11.0. The minimum absolute atomic E-state index is 0.0153. The van der Waals surface area contributed by atoms with E-state index in [2.05, 4.69) is 6.92 Å². The summed E-state index contributed by atoms with van der Waals surface area (Å²) in [6, 6.07) is 18.5. The Bertz CT molecular complexity index is 1100. The third kappa shape index (κ3) is 4.31. The van der Waals surface area contributed by atoms with Crippen LogP contribution in [0.1, 0.15) is 41.6 Å². The Balaban J connectivity index is 1.88. The van der Waals surface area contributed by atoms with Gasteiger partial charge in [0.15, 0.2) is 11.5 Å². The van der Waals surface area contributed by atoms with Crippen LogP contribution in [0.15, 0.2) is 60.7 Å². The predicted octanol–water partition coefficient (Wildman–Crippen LogP) is 5.31. The molecule has 0 aliphatic carbocycles. The number of hydrogen-bond donors (Lipinski definition) is 1. The van der Waals surface area contributed by atoms with Gasteiger partial charge in [-0.3, -0.25) is 4.79 Å². The number of aliphatic hydroxyl groups is 1. The quantitative estimate of drug-likeness (QED) is 0.529. The molecule has 1 aliphatic heterocycles. The maximum absolute atomic E-state index is 13.4. The van der Waals surface area contributed by atoms with Crippen LogP contribution in [-0.2, 0) is 17.8 Å². The number of amides is 1. The number of methoxy groups -OCH3 is 1. The van der Waals surface area contributed by atoms with Crippen molar-refractivity contribution < 1.29 is 19.4 Å². The average molecular weight is 452 g/mol. The molecular formula is C26H26ClNO4. The summed E-state index contributed by atoms with van der Waals surface area (Å²) in [5.41, 5.74) is 4.41. The minimum Gasteiger partial charge on any atom is -0.493 e. The number of carbonyl (C=O) groups is 1. The maximum Gasteiger partial charge on any atom is 0.232 e. The second kappa shape index (κ2) is 9.63. The molecule has 3 aromatic carbocycles. The van der Waals surface area contributed by atoms with Crippen LogP contribution in [0.2, 0.25) is 5.02 Å². The summed E-state index contributed by atoms with van der Waals surface area (Å²) in [7, 11) is 1.61. The van der Waals surface area contributed by atoms with Crippen molar-refractivity contribution in [2.45, 2.75) is 32.4 Å². The normalized spacial score (nSPS) is 15.4. The highest BCUT2D eigenvalue weighted by Gasteiger charge is 2.36. The fourth-order valence-electron chi connectivity index (χ4n) is 4.07. The van der Waals surface area contributed by atoms with Gasteiger partial charge in [0.2, 0.25) is 5.91 Å². The summed E-state index contributed by atoms with van der Waals surface area (Å²) in [4.78, 5) is 15.2. The molecule has 0 saturated heterocycles. The maximum atomic E-state index is 13.4. The van der Waals surface area contributed by atoms with Gasteiger partial charge in [0, 0.05) is 10.7 Å². The van der Waals surface area contributed by atoms with Gasteiger partial charge in [0.25, 0.3) is 0 Å². The van der Waals surface area contributed by atoms with Crippen LogP contribution in [-0.4, -0.2) is 24.7 Å². The first-order valence-electron chi connectivity index (χ1n) is 10.7. The fraction of sp³-hybridized carbons (Fsp3) is 0.269.